The van der Waals surface area contributed by atoms with Crippen LogP contribution in [0.4, 0.5) is 0 Å². The molecule has 3 aromatic rings. The van der Waals surface area contributed by atoms with Gasteiger partial charge in [-0.15, -0.1) is 0 Å². The number of fused-ring (bicyclic) bond motifs is 1. The van der Waals surface area contributed by atoms with Crippen molar-refractivity contribution in [1.82, 2.24) is 9.97 Å². The molecular formula is C14H15N3O5S3. The topological polar surface area (TPSA) is 116 Å². The highest BCUT2D eigenvalue weighted by Gasteiger charge is 2.24. The quantitative estimate of drug-likeness (QED) is 0.305. The predicted molar refractivity (Wildman–Crippen MR) is 95.0 cm³/mol. The molecule has 1 N–H and O–H groups in total. The summed E-state index contributed by atoms with van der Waals surface area (Å²) in [6, 6.07) is 9.98. The van der Waals surface area contributed by atoms with Crippen LogP contribution in [0.15, 0.2) is 39.5 Å². The summed E-state index contributed by atoms with van der Waals surface area (Å²) in [5.74, 6) is 0.632. The highest BCUT2D eigenvalue weighted by molar-refractivity contribution is 8.00. The number of hydrogen-bond donors (Lipinski definition) is 1. The number of aryl methyl sites for hydroxylation is 1. The third-order valence-corrected chi connectivity index (χ3v) is 5.57. The zero-order valence-corrected chi connectivity index (χ0v) is 16.0. The Morgan fingerprint density at radius 3 is 2.44 bits per heavy atom. The Hall–Kier alpha value is -1.79. The number of thiazole rings is 1. The van der Waals surface area contributed by atoms with Crippen molar-refractivity contribution >= 4 is 43.8 Å². The van der Waals surface area contributed by atoms with E-state index < -0.39 is 10.4 Å². The molecule has 0 aliphatic carbocycles. The second kappa shape index (κ2) is 8.06. The van der Waals surface area contributed by atoms with Crippen LogP contribution in [0.1, 0.15) is 5.82 Å². The third kappa shape index (κ3) is 4.86. The Bertz CT molecular complexity index is 1030. The minimum Gasteiger partial charge on any atom is -0.726 e. The molecule has 0 atom stereocenters. The Morgan fingerprint density at radius 1 is 1.32 bits per heavy atom. The van der Waals surface area contributed by atoms with E-state index in [1.54, 1.807) is 18.7 Å². The van der Waals surface area contributed by atoms with Gasteiger partial charge in [-0.1, -0.05) is 41.3 Å². The number of rotatable bonds is 3. The number of nitrogens with zero attached hydrogens (tertiary/aromatic N) is 2. The van der Waals surface area contributed by atoms with E-state index in [2.05, 4.69) is 14.2 Å². The maximum absolute atomic E-state index is 12.0. The van der Waals surface area contributed by atoms with Crippen molar-refractivity contribution in [1.29, 1.82) is 0 Å². The number of aromatic amines is 1. The molecule has 0 aliphatic heterocycles. The molecule has 1 aromatic carbocycles. The van der Waals surface area contributed by atoms with E-state index in [4.69, 9.17) is 0 Å². The van der Waals surface area contributed by atoms with Crippen molar-refractivity contribution in [3.63, 3.8) is 0 Å². The molecule has 0 fully saturated rings. The summed E-state index contributed by atoms with van der Waals surface area (Å²) in [7, 11) is -3.60. The first-order valence-electron chi connectivity index (χ1n) is 6.83. The van der Waals surface area contributed by atoms with Crippen LogP contribution in [0.2, 0.25) is 0 Å². The van der Waals surface area contributed by atoms with Gasteiger partial charge >= 0.3 is 5.65 Å². The van der Waals surface area contributed by atoms with E-state index in [9.17, 15) is 17.8 Å². The van der Waals surface area contributed by atoms with Gasteiger partial charge in [-0.2, -0.15) is 4.57 Å². The average Bonchev–Trinajstić information content (AvgIpc) is 2.94. The summed E-state index contributed by atoms with van der Waals surface area (Å²) in [5, 5.41) is 0. The van der Waals surface area contributed by atoms with Crippen LogP contribution in [0.25, 0.3) is 16.0 Å². The van der Waals surface area contributed by atoms with Crippen LogP contribution < -0.4 is 10.1 Å². The van der Waals surface area contributed by atoms with Crippen molar-refractivity contribution in [2.45, 2.75) is 11.3 Å². The normalized spacial score (nSPS) is 11.2. The molecule has 8 nitrogen and oxygen atoms in total. The minimum atomic E-state index is -4.41. The first kappa shape index (κ1) is 19.5. The number of aromatic nitrogens is 3. The highest BCUT2D eigenvalue weighted by atomic mass is 32.3. The van der Waals surface area contributed by atoms with Crippen LogP contribution in [0.5, 0.6) is 0 Å². The number of hydrogen-bond acceptors (Lipinski definition) is 8. The van der Waals surface area contributed by atoms with Gasteiger partial charge in [0, 0.05) is 6.92 Å². The molecule has 0 radical (unpaired) electrons. The summed E-state index contributed by atoms with van der Waals surface area (Å²) in [5.41, 5.74) is 1.68. The number of benzene rings is 1. The predicted octanol–water partition coefficient (Wildman–Crippen LogP) is 1.38. The molecule has 25 heavy (non-hydrogen) atoms. The Morgan fingerprint density at radius 2 is 1.92 bits per heavy atom. The van der Waals surface area contributed by atoms with Crippen molar-refractivity contribution < 1.29 is 21.7 Å². The molecule has 0 saturated heterocycles. The molecule has 0 unspecified atom stereocenters. The Kier molecular flexibility index (Phi) is 6.30. The lowest BCUT2D eigenvalue weighted by Gasteiger charge is -1.98. The first-order valence-corrected chi connectivity index (χ1v) is 10.2. The molecule has 0 bridgehead atoms. The summed E-state index contributed by atoms with van der Waals surface area (Å²) in [6.07, 6.45) is 2.01. The van der Waals surface area contributed by atoms with Crippen LogP contribution in [-0.4, -0.2) is 36.3 Å². The van der Waals surface area contributed by atoms with Gasteiger partial charge in [0.05, 0.1) is 7.11 Å². The number of thioether (sulfide) groups is 1. The first-order chi connectivity index (χ1) is 11.8. The summed E-state index contributed by atoms with van der Waals surface area (Å²) < 4.78 is 34.8. The number of H-pyrrole nitrogens is 1. The maximum atomic E-state index is 12.0. The maximum Gasteiger partial charge on any atom is 0.355 e. The van der Waals surface area contributed by atoms with Gasteiger partial charge in [0.25, 0.3) is 5.56 Å². The summed E-state index contributed by atoms with van der Waals surface area (Å²) >= 11 is 3.09. The lowest BCUT2D eigenvalue weighted by Crippen LogP contribution is -2.32. The van der Waals surface area contributed by atoms with Gasteiger partial charge in [-0.3, -0.25) is 14.0 Å². The minimum absolute atomic E-state index is 0.0718. The zero-order valence-electron chi connectivity index (χ0n) is 13.5. The van der Waals surface area contributed by atoms with Gasteiger partial charge < -0.3 is 4.55 Å². The summed E-state index contributed by atoms with van der Waals surface area (Å²) in [4.78, 5) is 19.2. The Balaban J connectivity index is 0.000000326. The van der Waals surface area contributed by atoms with Crippen LogP contribution in [0, 0.1) is 6.92 Å². The fraction of sp³-hybridized carbons (Fsp3) is 0.214. The standard InChI is InChI=1S/C13H11N3OS2.CH4O4S/c1-8-14-11-10(12(17)15-8)19-13(18-2)16(11)9-6-4-3-5-7-9;1-5-6(2,3)4/h3-7H,1-2H3;1H3,(H,2,3,4). The SMILES string of the molecule is COS(=O)(=O)[O-].CSc1sc2c(=O)[nH]c(C)nc2[n+]1-c1ccccc1. The number of para-hydroxylation sites is 1. The largest absolute Gasteiger partial charge is 0.726 e. The smallest absolute Gasteiger partial charge is 0.355 e. The molecule has 2 aromatic heterocycles. The lowest BCUT2D eigenvalue weighted by atomic mass is 10.3. The van der Waals surface area contributed by atoms with E-state index in [1.165, 1.54) is 11.3 Å². The van der Waals surface area contributed by atoms with Gasteiger partial charge in [-0.05, 0) is 23.4 Å². The van der Waals surface area contributed by atoms with Crippen LogP contribution in [-0.2, 0) is 14.6 Å². The van der Waals surface area contributed by atoms with E-state index in [1.807, 2.05) is 41.2 Å². The molecule has 0 aliphatic rings. The molecule has 0 amide bonds. The highest BCUT2D eigenvalue weighted by Crippen LogP contribution is 2.24. The lowest BCUT2D eigenvalue weighted by molar-refractivity contribution is -0.603. The second-order valence-corrected chi connectivity index (χ2v) is 7.82. The molecule has 0 spiro atoms. The van der Waals surface area contributed by atoms with Gasteiger partial charge in [0.1, 0.15) is 5.69 Å². The van der Waals surface area contributed by atoms with Gasteiger partial charge in [0.15, 0.2) is 4.70 Å². The molecule has 3 rings (SSSR count). The average molecular weight is 401 g/mol. The molecule has 0 saturated carbocycles. The van der Waals surface area contributed by atoms with Crippen LogP contribution >= 0.6 is 23.1 Å². The van der Waals surface area contributed by atoms with Crippen LogP contribution in [0.3, 0.4) is 0 Å². The van der Waals surface area contributed by atoms with E-state index >= 15 is 0 Å². The number of nitrogens with one attached hydrogen (secondary N) is 1. The fourth-order valence-corrected chi connectivity index (χ4v) is 3.75. The third-order valence-electron chi connectivity index (χ3n) is 2.95. The molecular weight excluding hydrogens is 386 g/mol. The zero-order chi connectivity index (χ0) is 18.6. The van der Waals surface area contributed by atoms with Crippen molar-refractivity contribution in [3.05, 3.63) is 46.5 Å². The van der Waals surface area contributed by atoms with E-state index in [0.717, 1.165) is 22.8 Å². The van der Waals surface area contributed by atoms with Gasteiger partial charge in [-0.25, -0.2) is 8.42 Å². The monoisotopic (exact) mass is 401 g/mol. The van der Waals surface area contributed by atoms with Crippen molar-refractivity contribution in [2.75, 3.05) is 13.4 Å². The molecule has 134 valence electrons. The second-order valence-electron chi connectivity index (χ2n) is 4.62. The summed E-state index contributed by atoms with van der Waals surface area (Å²) in [6.45, 7) is 1.80. The Labute approximate surface area is 152 Å². The van der Waals surface area contributed by atoms with E-state index in [-0.39, 0.29) is 5.56 Å². The molecule has 11 heteroatoms. The van der Waals surface area contributed by atoms with Crippen molar-refractivity contribution in [3.8, 4) is 5.69 Å². The van der Waals surface area contributed by atoms with E-state index in [0.29, 0.717) is 10.5 Å². The van der Waals surface area contributed by atoms with Gasteiger partial charge in [0.2, 0.25) is 20.6 Å². The molecule has 2 heterocycles. The fourth-order valence-electron chi connectivity index (χ4n) is 1.96. The van der Waals surface area contributed by atoms with Crippen molar-refractivity contribution in [2.24, 2.45) is 0 Å².